The summed E-state index contributed by atoms with van der Waals surface area (Å²) in [6, 6.07) is 0. The van der Waals surface area contributed by atoms with Crippen molar-refractivity contribution in [3.05, 3.63) is 54.0 Å². The van der Waals surface area contributed by atoms with Gasteiger partial charge in [0.2, 0.25) is 0 Å². The standard InChI is InChI=1S/C10H9.Li/c1-2-5-9-7-4-8-10(9)6-3-1;/h1-3,5-8H,4H2;/q-1;+1. The van der Waals surface area contributed by atoms with Gasteiger partial charge in [0.15, 0.2) is 0 Å². The van der Waals surface area contributed by atoms with Crippen LogP contribution in [-0.2, 0) is 0 Å². The maximum Gasteiger partial charge on any atom is 1.00 e. The summed E-state index contributed by atoms with van der Waals surface area (Å²) in [7, 11) is 0. The summed E-state index contributed by atoms with van der Waals surface area (Å²) < 4.78 is 0. The van der Waals surface area contributed by atoms with Crippen LogP contribution in [0.25, 0.3) is 0 Å². The first-order valence-electron chi connectivity index (χ1n) is 3.55. The first-order chi connectivity index (χ1) is 4.97. The summed E-state index contributed by atoms with van der Waals surface area (Å²) >= 11 is 0. The predicted molar refractivity (Wildman–Crippen MR) is 43.4 cm³/mol. The summed E-state index contributed by atoms with van der Waals surface area (Å²) in [4.78, 5) is 0. The predicted octanol–water partition coefficient (Wildman–Crippen LogP) is -0.423. The molecule has 0 fully saturated rings. The normalized spacial score (nSPS) is 18.9. The fourth-order valence-corrected chi connectivity index (χ4v) is 1.26. The summed E-state index contributed by atoms with van der Waals surface area (Å²) in [5.74, 6) is 0. The number of allylic oxidation sites excluding steroid dienone is 8. The van der Waals surface area contributed by atoms with E-state index in [4.69, 9.17) is 0 Å². The minimum Gasteiger partial charge on any atom is -0.185 e. The van der Waals surface area contributed by atoms with Crippen LogP contribution in [0, 0.1) is 6.42 Å². The summed E-state index contributed by atoms with van der Waals surface area (Å²) in [5.41, 5.74) is 2.73. The van der Waals surface area contributed by atoms with E-state index in [9.17, 15) is 0 Å². The van der Waals surface area contributed by atoms with E-state index in [1.165, 1.54) is 11.1 Å². The van der Waals surface area contributed by atoms with Crippen molar-refractivity contribution in [2.75, 3.05) is 0 Å². The minimum atomic E-state index is 0. The Morgan fingerprint density at radius 1 is 1.18 bits per heavy atom. The first kappa shape index (κ1) is 8.52. The van der Waals surface area contributed by atoms with Gasteiger partial charge in [-0.3, -0.25) is 0 Å². The van der Waals surface area contributed by atoms with E-state index in [-0.39, 0.29) is 18.9 Å². The Morgan fingerprint density at radius 2 is 2.09 bits per heavy atom. The monoisotopic (exact) mass is 136 g/mol. The van der Waals surface area contributed by atoms with Gasteiger partial charge < -0.3 is 0 Å². The molecule has 50 valence electrons. The van der Waals surface area contributed by atoms with Crippen LogP contribution in [0.2, 0.25) is 0 Å². The zero-order valence-corrected chi connectivity index (χ0v) is 6.75. The fourth-order valence-electron chi connectivity index (χ4n) is 1.26. The molecule has 0 amide bonds. The summed E-state index contributed by atoms with van der Waals surface area (Å²) in [6.45, 7) is 0. The van der Waals surface area contributed by atoms with Gasteiger partial charge in [-0.2, -0.15) is 18.1 Å². The molecule has 2 rings (SSSR count). The molecule has 0 atom stereocenters. The fraction of sp³-hybridized carbons (Fsp3) is 0.100. The molecule has 0 N–H and O–H groups in total. The van der Waals surface area contributed by atoms with E-state index < -0.39 is 0 Å². The molecule has 2 aliphatic carbocycles. The molecule has 0 bridgehead atoms. The molecule has 0 aromatic heterocycles. The van der Waals surface area contributed by atoms with Crippen molar-refractivity contribution in [2.24, 2.45) is 0 Å². The molecule has 11 heavy (non-hydrogen) atoms. The number of fused-ring (bicyclic) bond motifs is 1. The molecule has 0 aliphatic heterocycles. The maximum atomic E-state index is 2.25. The molecule has 0 unspecified atom stereocenters. The molecule has 0 aromatic carbocycles. The van der Waals surface area contributed by atoms with Crippen LogP contribution < -0.4 is 18.9 Å². The molecule has 1 heteroatoms. The van der Waals surface area contributed by atoms with Gasteiger partial charge in [-0.1, -0.05) is 18.6 Å². The van der Waals surface area contributed by atoms with Gasteiger partial charge >= 0.3 is 18.9 Å². The Hall–Kier alpha value is -0.573. The first-order valence-corrected chi connectivity index (χ1v) is 3.55. The average molecular weight is 136 g/mol. The van der Waals surface area contributed by atoms with Crippen LogP contribution in [-0.4, -0.2) is 0 Å². The summed E-state index contributed by atoms with van der Waals surface area (Å²) in [6.07, 6.45) is 16.1. The molecular formula is C10H9Li. The van der Waals surface area contributed by atoms with E-state index in [1.807, 2.05) is 0 Å². The smallest absolute Gasteiger partial charge is 0.185 e. The maximum absolute atomic E-state index is 2.25. The van der Waals surface area contributed by atoms with Crippen molar-refractivity contribution in [1.82, 2.24) is 0 Å². The molecule has 0 saturated heterocycles. The molecule has 2 aliphatic rings. The molecular weight excluding hydrogens is 127 g/mol. The zero-order valence-electron chi connectivity index (χ0n) is 6.75. The van der Waals surface area contributed by atoms with Crippen molar-refractivity contribution in [1.29, 1.82) is 0 Å². The van der Waals surface area contributed by atoms with E-state index in [0.717, 1.165) is 6.42 Å². The van der Waals surface area contributed by atoms with Gasteiger partial charge in [0, 0.05) is 0 Å². The Morgan fingerprint density at radius 3 is 3.00 bits per heavy atom. The second-order valence-corrected chi connectivity index (χ2v) is 2.47. The van der Waals surface area contributed by atoms with Gasteiger partial charge in [0.1, 0.15) is 0 Å². The Bertz CT molecular complexity index is 254. The van der Waals surface area contributed by atoms with E-state index >= 15 is 0 Å². The molecule has 0 heterocycles. The Labute approximate surface area is 79.6 Å². The van der Waals surface area contributed by atoms with Gasteiger partial charge in [-0.15, -0.1) is 23.8 Å². The molecule has 0 radical (unpaired) electrons. The summed E-state index contributed by atoms with van der Waals surface area (Å²) in [5, 5.41) is 0. The van der Waals surface area contributed by atoms with Crippen LogP contribution >= 0.6 is 0 Å². The van der Waals surface area contributed by atoms with Crippen molar-refractivity contribution >= 4 is 0 Å². The third kappa shape index (κ3) is 1.71. The van der Waals surface area contributed by atoms with Gasteiger partial charge in [-0.05, 0) is 0 Å². The van der Waals surface area contributed by atoms with E-state index in [2.05, 4.69) is 42.9 Å². The SMILES string of the molecule is C1=CC=C2[CH-]CC=C2C=C1.[Li+]. The quantitative estimate of drug-likeness (QED) is 0.313. The van der Waals surface area contributed by atoms with E-state index in [1.54, 1.807) is 0 Å². The van der Waals surface area contributed by atoms with Crippen molar-refractivity contribution in [2.45, 2.75) is 6.42 Å². The zero-order chi connectivity index (χ0) is 6.81. The largest absolute Gasteiger partial charge is 1.00 e. The Balaban J connectivity index is 0.000000605. The third-order valence-corrected chi connectivity index (χ3v) is 1.78. The number of hydrogen-bond acceptors (Lipinski definition) is 0. The van der Waals surface area contributed by atoms with Crippen LogP contribution in [0.15, 0.2) is 47.6 Å². The average Bonchev–Trinajstić information content (AvgIpc) is 2.28. The molecule has 0 spiro atoms. The minimum absolute atomic E-state index is 0. The van der Waals surface area contributed by atoms with Gasteiger partial charge in [0.05, 0.1) is 0 Å². The second kappa shape index (κ2) is 3.71. The van der Waals surface area contributed by atoms with Crippen molar-refractivity contribution in [3.63, 3.8) is 0 Å². The second-order valence-electron chi connectivity index (χ2n) is 2.47. The Kier molecular flexibility index (Phi) is 2.88. The van der Waals surface area contributed by atoms with Gasteiger partial charge in [0.25, 0.3) is 0 Å². The van der Waals surface area contributed by atoms with Crippen LogP contribution in [0.4, 0.5) is 0 Å². The van der Waals surface area contributed by atoms with Crippen LogP contribution in [0.5, 0.6) is 0 Å². The molecule has 0 aromatic rings. The number of hydrogen-bond donors (Lipinski definition) is 0. The van der Waals surface area contributed by atoms with E-state index in [0.29, 0.717) is 0 Å². The molecule has 0 nitrogen and oxygen atoms in total. The van der Waals surface area contributed by atoms with Crippen LogP contribution in [0.3, 0.4) is 0 Å². The van der Waals surface area contributed by atoms with Gasteiger partial charge in [-0.25, -0.2) is 0 Å². The topological polar surface area (TPSA) is 0 Å². The molecule has 0 saturated carbocycles. The third-order valence-electron chi connectivity index (χ3n) is 1.78. The van der Waals surface area contributed by atoms with Crippen molar-refractivity contribution < 1.29 is 18.9 Å². The number of rotatable bonds is 0. The van der Waals surface area contributed by atoms with Crippen molar-refractivity contribution in [3.8, 4) is 0 Å². The van der Waals surface area contributed by atoms with Crippen LogP contribution in [0.1, 0.15) is 6.42 Å².